The lowest BCUT2D eigenvalue weighted by atomic mass is 9.98. The van der Waals surface area contributed by atoms with E-state index in [1.165, 1.54) is 0 Å². The molecule has 4 heteroatoms. The molecule has 0 bridgehead atoms. The van der Waals surface area contributed by atoms with Crippen molar-refractivity contribution in [1.29, 1.82) is 0 Å². The Morgan fingerprint density at radius 1 is 1.15 bits per heavy atom. The summed E-state index contributed by atoms with van der Waals surface area (Å²) < 4.78 is 7.18. The summed E-state index contributed by atoms with van der Waals surface area (Å²) in [6, 6.07) is 11.7. The van der Waals surface area contributed by atoms with Crippen LogP contribution in [-0.4, -0.2) is 12.2 Å². The first-order valence-electron chi connectivity index (χ1n) is 6.28. The van der Waals surface area contributed by atoms with Crippen molar-refractivity contribution < 1.29 is 9.84 Å². The van der Waals surface area contributed by atoms with Crippen molar-refractivity contribution in [3.05, 3.63) is 62.0 Å². The maximum Gasteiger partial charge on any atom is 0.119 e. The van der Waals surface area contributed by atoms with Crippen molar-refractivity contribution >= 4 is 31.9 Å². The second-order valence-electron chi connectivity index (χ2n) is 4.68. The molecule has 0 aliphatic heterocycles. The van der Waals surface area contributed by atoms with Crippen LogP contribution in [0.4, 0.5) is 0 Å². The monoisotopic (exact) mass is 398 g/mol. The van der Waals surface area contributed by atoms with E-state index in [4.69, 9.17) is 4.74 Å². The van der Waals surface area contributed by atoms with E-state index in [2.05, 4.69) is 31.9 Å². The molecule has 0 aliphatic carbocycles. The lowest BCUT2D eigenvalue weighted by molar-refractivity contribution is 0.177. The first kappa shape index (κ1) is 15.5. The van der Waals surface area contributed by atoms with Gasteiger partial charge in [0.1, 0.15) is 5.75 Å². The SMILES string of the molecule is COc1ccc(Br)c(CC(O)c2cc(Br)ccc2C)c1. The minimum atomic E-state index is -0.545. The fourth-order valence-electron chi connectivity index (χ4n) is 2.12. The van der Waals surface area contributed by atoms with Crippen molar-refractivity contribution in [2.75, 3.05) is 7.11 Å². The molecule has 0 heterocycles. The Morgan fingerprint density at radius 2 is 1.90 bits per heavy atom. The summed E-state index contributed by atoms with van der Waals surface area (Å²) >= 11 is 6.96. The summed E-state index contributed by atoms with van der Waals surface area (Å²) in [7, 11) is 1.64. The molecule has 2 aromatic carbocycles. The predicted molar refractivity (Wildman–Crippen MR) is 88.2 cm³/mol. The summed E-state index contributed by atoms with van der Waals surface area (Å²) in [5.41, 5.74) is 3.05. The Balaban J connectivity index is 2.27. The molecule has 0 aliphatic rings. The quantitative estimate of drug-likeness (QED) is 0.799. The largest absolute Gasteiger partial charge is 0.497 e. The molecule has 2 aromatic rings. The van der Waals surface area contributed by atoms with Crippen molar-refractivity contribution in [3.8, 4) is 5.75 Å². The summed E-state index contributed by atoms with van der Waals surface area (Å²) in [6.45, 7) is 2.01. The van der Waals surface area contributed by atoms with E-state index in [9.17, 15) is 5.11 Å². The highest BCUT2D eigenvalue weighted by Gasteiger charge is 2.14. The summed E-state index contributed by atoms with van der Waals surface area (Å²) in [4.78, 5) is 0. The molecule has 0 saturated heterocycles. The molecule has 0 aromatic heterocycles. The van der Waals surface area contributed by atoms with Gasteiger partial charge in [0, 0.05) is 15.4 Å². The van der Waals surface area contributed by atoms with Crippen LogP contribution in [0.2, 0.25) is 0 Å². The van der Waals surface area contributed by atoms with E-state index in [-0.39, 0.29) is 0 Å². The highest BCUT2D eigenvalue weighted by molar-refractivity contribution is 9.10. The van der Waals surface area contributed by atoms with Gasteiger partial charge in [0.25, 0.3) is 0 Å². The lowest BCUT2D eigenvalue weighted by Gasteiger charge is -2.16. The van der Waals surface area contributed by atoms with Gasteiger partial charge in [0.2, 0.25) is 0 Å². The van der Waals surface area contributed by atoms with Gasteiger partial charge in [-0.05, 0) is 53.9 Å². The lowest BCUT2D eigenvalue weighted by Crippen LogP contribution is -2.05. The zero-order valence-electron chi connectivity index (χ0n) is 11.4. The molecule has 2 rings (SSSR count). The molecular formula is C16H16Br2O2. The minimum Gasteiger partial charge on any atom is -0.497 e. The number of hydrogen-bond donors (Lipinski definition) is 1. The molecule has 1 N–H and O–H groups in total. The number of aliphatic hydroxyl groups is 1. The van der Waals surface area contributed by atoms with Crippen molar-refractivity contribution in [2.45, 2.75) is 19.4 Å². The van der Waals surface area contributed by atoms with Gasteiger partial charge in [0.05, 0.1) is 13.2 Å². The number of aryl methyl sites for hydroxylation is 1. The molecule has 0 radical (unpaired) electrons. The molecule has 2 nitrogen and oxygen atoms in total. The Hall–Kier alpha value is -0.840. The first-order chi connectivity index (χ1) is 9.51. The van der Waals surface area contributed by atoms with E-state index in [0.29, 0.717) is 6.42 Å². The number of rotatable bonds is 4. The van der Waals surface area contributed by atoms with Gasteiger partial charge in [0.15, 0.2) is 0 Å². The number of halogens is 2. The molecule has 0 amide bonds. The number of benzene rings is 2. The van der Waals surface area contributed by atoms with Crippen molar-refractivity contribution in [3.63, 3.8) is 0 Å². The summed E-state index contributed by atoms with van der Waals surface area (Å²) in [5, 5.41) is 10.5. The third-order valence-corrected chi connectivity index (χ3v) is 4.53. The van der Waals surface area contributed by atoms with Crippen LogP contribution >= 0.6 is 31.9 Å². The first-order valence-corrected chi connectivity index (χ1v) is 7.86. The fourth-order valence-corrected chi connectivity index (χ4v) is 2.91. The van der Waals surface area contributed by atoms with Crippen LogP contribution in [0.1, 0.15) is 22.8 Å². The second-order valence-corrected chi connectivity index (χ2v) is 6.45. The third-order valence-electron chi connectivity index (χ3n) is 3.27. The molecule has 0 saturated carbocycles. The normalized spacial score (nSPS) is 12.2. The summed E-state index contributed by atoms with van der Waals surface area (Å²) in [5.74, 6) is 0.793. The van der Waals surface area contributed by atoms with Crippen LogP contribution in [0.25, 0.3) is 0 Å². The molecule has 0 fully saturated rings. The van der Waals surface area contributed by atoms with Gasteiger partial charge < -0.3 is 9.84 Å². The summed E-state index contributed by atoms with van der Waals surface area (Å²) in [6.07, 6.45) is -0.00867. The van der Waals surface area contributed by atoms with Crippen LogP contribution in [0, 0.1) is 6.92 Å². The predicted octanol–water partition coefficient (Wildman–Crippen LogP) is 4.80. The molecule has 106 valence electrons. The fraction of sp³-hybridized carbons (Fsp3) is 0.250. The van der Waals surface area contributed by atoms with Crippen LogP contribution in [-0.2, 0) is 6.42 Å². The maximum absolute atomic E-state index is 10.5. The Labute approximate surface area is 136 Å². The number of methoxy groups -OCH3 is 1. The average molecular weight is 400 g/mol. The number of aliphatic hydroxyl groups excluding tert-OH is 1. The second kappa shape index (κ2) is 6.74. The Bertz CT molecular complexity index is 611. The molecule has 1 atom stereocenters. The standard InChI is InChI=1S/C16H16Br2O2/c1-10-3-4-12(17)9-14(10)16(19)8-11-7-13(20-2)5-6-15(11)18/h3-7,9,16,19H,8H2,1-2H3. The van der Waals surface area contributed by atoms with E-state index in [1.807, 2.05) is 43.3 Å². The topological polar surface area (TPSA) is 29.5 Å². The Morgan fingerprint density at radius 3 is 2.60 bits per heavy atom. The van der Waals surface area contributed by atoms with E-state index >= 15 is 0 Å². The zero-order chi connectivity index (χ0) is 14.7. The van der Waals surface area contributed by atoms with E-state index in [0.717, 1.165) is 31.4 Å². The number of hydrogen-bond acceptors (Lipinski definition) is 2. The van der Waals surface area contributed by atoms with Gasteiger partial charge in [-0.3, -0.25) is 0 Å². The molecule has 20 heavy (non-hydrogen) atoms. The van der Waals surface area contributed by atoms with Crippen LogP contribution in [0.3, 0.4) is 0 Å². The smallest absolute Gasteiger partial charge is 0.119 e. The highest BCUT2D eigenvalue weighted by Crippen LogP contribution is 2.29. The number of ether oxygens (including phenoxy) is 1. The average Bonchev–Trinajstić information content (AvgIpc) is 2.43. The van der Waals surface area contributed by atoms with Gasteiger partial charge in [-0.25, -0.2) is 0 Å². The molecular weight excluding hydrogens is 384 g/mol. The van der Waals surface area contributed by atoms with Crippen molar-refractivity contribution in [1.82, 2.24) is 0 Å². The molecule has 0 spiro atoms. The van der Waals surface area contributed by atoms with Gasteiger partial charge in [-0.1, -0.05) is 37.9 Å². The van der Waals surface area contributed by atoms with Gasteiger partial charge in [-0.2, -0.15) is 0 Å². The van der Waals surface area contributed by atoms with E-state index < -0.39 is 6.10 Å². The molecule has 1 unspecified atom stereocenters. The minimum absolute atomic E-state index is 0.537. The Kier molecular flexibility index (Phi) is 5.24. The van der Waals surface area contributed by atoms with E-state index in [1.54, 1.807) is 7.11 Å². The zero-order valence-corrected chi connectivity index (χ0v) is 14.5. The van der Waals surface area contributed by atoms with Crippen LogP contribution in [0.5, 0.6) is 5.75 Å². The van der Waals surface area contributed by atoms with Crippen molar-refractivity contribution in [2.24, 2.45) is 0 Å². The highest BCUT2D eigenvalue weighted by atomic mass is 79.9. The van der Waals surface area contributed by atoms with Crippen LogP contribution in [0.15, 0.2) is 45.3 Å². The third kappa shape index (κ3) is 3.62. The van der Waals surface area contributed by atoms with Gasteiger partial charge >= 0.3 is 0 Å². The van der Waals surface area contributed by atoms with Crippen LogP contribution < -0.4 is 4.74 Å². The van der Waals surface area contributed by atoms with Gasteiger partial charge in [-0.15, -0.1) is 0 Å². The maximum atomic E-state index is 10.5.